The second-order valence-corrected chi connectivity index (χ2v) is 12.0. The molecule has 2 aliphatic heterocycles. The molecule has 2 atom stereocenters. The van der Waals surface area contributed by atoms with Crippen LogP contribution in [0.3, 0.4) is 0 Å². The average Bonchev–Trinajstić information content (AvgIpc) is 3.66. The average molecular weight is 634 g/mol. The fourth-order valence-corrected chi connectivity index (χ4v) is 6.65. The minimum Gasteiger partial charge on any atom is -0.477 e. The van der Waals surface area contributed by atoms with Gasteiger partial charge in [0.1, 0.15) is 5.82 Å². The first-order valence-corrected chi connectivity index (χ1v) is 15.8. The van der Waals surface area contributed by atoms with Crippen LogP contribution in [0.4, 0.5) is 14.9 Å². The molecule has 2 saturated heterocycles. The van der Waals surface area contributed by atoms with Gasteiger partial charge in [0.05, 0.1) is 34.1 Å². The number of benzene rings is 1. The molecule has 5 heterocycles. The van der Waals surface area contributed by atoms with Crippen LogP contribution < -0.4 is 15.0 Å². The number of nitrogens with one attached hydrogen (secondary N) is 1. The van der Waals surface area contributed by atoms with E-state index in [2.05, 4.69) is 27.0 Å². The van der Waals surface area contributed by atoms with Gasteiger partial charge in [-0.1, -0.05) is 18.5 Å². The van der Waals surface area contributed by atoms with Gasteiger partial charge in [0.2, 0.25) is 5.88 Å². The van der Waals surface area contributed by atoms with Crippen molar-refractivity contribution in [2.45, 2.75) is 38.8 Å². The Kier molecular flexibility index (Phi) is 8.91. The van der Waals surface area contributed by atoms with E-state index in [1.54, 1.807) is 23.4 Å². The molecule has 0 radical (unpaired) electrons. The Morgan fingerprint density at radius 1 is 1.11 bits per heavy atom. The zero-order valence-electron chi connectivity index (χ0n) is 25.7. The highest BCUT2D eigenvalue weighted by Crippen LogP contribution is 2.33. The fraction of sp³-hybridized carbons (Fsp3) is 0.394. The molecule has 0 spiro atoms. The minimum atomic E-state index is -0.450. The van der Waals surface area contributed by atoms with Gasteiger partial charge in [-0.15, -0.1) is 0 Å². The van der Waals surface area contributed by atoms with Gasteiger partial charge >= 0.3 is 6.03 Å². The molecule has 10 nitrogen and oxygen atoms in total. The molecule has 1 aromatic carbocycles. The highest BCUT2D eigenvalue weighted by atomic mass is 35.5. The summed E-state index contributed by atoms with van der Waals surface area (Å²) in [6.45, 7) is 7.46. The summed E-state index contributed by atoms with van der Waals surface area (Å²) >= 11 is 6.35. The quantitative estimate of drug-likeness (QED) is 0.295. The third kappa shape index (κ3) is 6.19. The van der Waals surface area contributed by atoms with E-state index in [1.165, 1.54) is 16.7 Å². The molecule has 0 saturated carbocycles. The fourth-order valence-electron chi connectivity index (χ4n) is 6.35. The maximum Gasteiger partial charge on any atom is 0.328 e. The minimum absolute atomic E-state index is 0.0336. The summed E-state index contributed by atoms with van der Waals surface area (Å²) in [5.74, 6) is -0.222. The molecule has 1 N–H and O–H groups in total. The van der Waals surface area contributed by atoms with Gasteiger partial charge in [0.15, 0.2) is 5.69 Å². The molecule has 3 aromatic heterocycles. The molecule has 0 unspecified atom stereocenters. The van der Waals surface area contributed by atoms with Crippen LogP contribution in [0.25, 0.3) is 22.2 Å². The number of halogens is 2. The number of piperazine rings is 1. The van der Waals surface area contributed by atoms with Crippen molar-refractivity contribution >= 4 is 40.1 Å². The number of likely N-dealkylation sites (N-methyl/N-ethyl adjacent to an activating group) is 1. The number of hydrogen-bond donors (Lipinski definition) is 1. The smallest absolute Gasteiger partial charge is 0.328 e. The number of likely N-dealkylation sites (tertiary alicyclic amines) is 1. The van der Waals surface area contributed by atoms with Gasteiger partial charge in [0.25, 0.3) is 5.91 Å². The lowest BCUT2D eigenvalue weighted by atomic mass is 10.1. The van der Waals surface area contributed by atoms with Crippen LogP contribution in [0.5, 0.6) is 5.88 Å². The van der Waals surface area contributed by atoms with Crippen molar-refractivity contribution in [3.8, 4) is 17.1 Å². The number of ether oxygens (including phenoxy) is 1. The normalized spacial score (nSPS) is 18.9. The van der Waals surface area contributed by atoms with Gasteiger partial charge in [0, 0.05) is 56.0 Å². The Labute approximate surface area is 266 Å². The standard InChI is InChI=1S/C33H37ClFN7O3/c1-4-24-20-40(33(44)42-14-10-21-17-22(35)18-26(34)30(21)42)15-16-41(24)28-9-8-27(25-7-6-12-36-32(25)45-5-2)38-29(28)31(43)37-23-11-13-39(3)19-23/h6-10,12,14,17-18,23-24H,4-5,11,13,15-16,19-20H2,1-3H3,(H,37,43)/t23-,24-/m1/s1. The van der Waals surface area contributed by atoms with Gasteiger partial charge < -0.3 is 24.8 Å². The number of nitrogens with zero attached hydrogens (tertiary/aromatic N) is 6. The van der Waals surface area contributed by atoms with Gasteiger partial charge in [-0.3, -0.25) is 9.36 Å². The van der Waals surface area contributed by atoms with E-state index >= 15 is 0 Å². The largest absolute Gasteiger partial charge is 0.477 e. The molecule has 2 amide bonds. The predicted molar refractivity (Wildman–Crippen MR) is 173 cm³/mol. The Bertz CT molecular complexity index is 1730. The summed E-state index contributed by atoms with van der Waals surface area (Å²) in [7, 11) is 2.05. The van der Waals surface area contributed by atoms with Crippen LogP contribution in [-0.4, -0.2) is 94.7 Å². The van der Waals surface area contributed by atoms with Gasteiger partial charge in [-0.2, -0.15) is 0 Å². The molecule has 0 aliphatic carbocycles. The van der Waals surface area contributed by atoms with Crippen molar-refractivity contribution in [3.05, 3.63) is 71.4 Å². The lowest BCUT2D eigenvalue weighted by Gasteiger charge is -2.43. The van der Waals surface area contributed by atoms with E-state index in [0.717, 1.165) is 25.9 Å². The van der Waals surface area contributed by atoms with E-state index in [1.807, 2.05) is 38.2 Å². The first-order chi connectivity index (χ1) is 21.8. The predicted octanol–water partition coefficient (Wildman–Crippen LogP) is 5.29. The first kappa shape index (κ1) is 30.8. The third-order valence-electron chi connectivity index (χ3n) is 8.59. The van der Waals surface area contributed by atoms with Crippen LogP contribution in [-0.2, 0) is 0 Å². The molecular weight excluding hydrogens is 597 g/mol. The number of carbonyl (C=O) groups excluding carboxylic acids is 2. The van der Waals surface area contributed by atoms with E-state index < -0.39 is 5.82 Å². The molecular formula is C33H37ClFN7O3. The molecule has 0 bridgehead atoms. The molecule has 4 aromatic rings. The second-order valence-electron chi connectivity index (χ2n) is 11.6. The highest BCUT2D eigenvalue weighted by molar-refractivity contribution is 6.35. The molecule has 6 rings (SSSR count). The van der Waals surface area contributed by atoms with Crippen molar-refractivity contribution in [2.75, 3.05) is 51.3 Å². The summed E-state index contributed by atoms with van der Waals surface area (Å²) in [6, 6.07) is 11.5. The molecule has 2 aliphatic rings. The highest BCUT2D eigenvalue weighted by Gasteiger charge is 2.33. The van der Waals surface area contributed by atoms with Gasteiger partial charge in [-0.25, -0.2) is 19.2 Å². The molecule has 12 heteroatoms. The van der Waals surface area contributed by atoms with Crippen LogP contribution in [0.15, 0.2) is 54.9 Å². The third-order valence-corrected chi connectivity index (χ3v) is 8.87. The number of fused-ring (bicyclic) bond motifs is 1. The summed E-state index contributed by atoms with van der Waals surface area (Å²) in [6.07, 6.45) is 4.90. The number of carbonyl (C=O) groups is 2. The number of pyridine rings is 2. The van der Waals surface area contributed by atoms with E-state index in [-0.39, 0.29) is 29.0 Å². The lowest BCUT2D eigenvalue weighted by Crippen LogP contribution is -2.56. The Hall–Kier alpha value is -4.22. The van der Waals surface area contributed by atoms with Crippen LogP contribution >= 0.6 is 11.6 Å². The maximum absolute atomic E-state index is 13.9. The van der Waals surface area contributed by atoms with E-state index in [4.69, 9.17) is 21.3 Å². The Morgan fingerprint density at radius 2 is 1.96 bits per heavy atom. The first-order valence-electron chi connectivity index (χ1n) is 15.4. The number of anilines is 1. The molecule has 2 fully saturated rings. The second kappa shape index (κ2) is 13.0. The van der Waals surface area contributed by atoms with E-state index in [9.17, 15) is 14.0 Å². The number of rotatable bonds is 7. The summed E-state index contributed by atoms with van der Waals surface area (Å²) in [5, 5.41) is 3.96. The SMILES string of the molecule is CCOc1ncccc1-c1ccc(N2CCN(C(=O)n3ccc4cc(F)cc(Cl)c43)C[C@H]2CC)c(C(=O)N[C@@H]2CCN(C)C2)n1. The van der Waals surface area contributed by atoms with E-state index in [0.29, 0.717) is 65.7 Å². The topological polar surface area (TPSA) is 95.8 Å². The van der Waals surface area contributed by atoms with Crippen LogP contribution in [0.1, 0.15) is 37.2 Å². The van der Waals surface area contributed by atoms with Crippen molar-refractivity contribution < 1.29 is 18.7 Å². The Morgan fingerprint density at radius 3 is 2.71 bits per heavy atom. The van der Waals surface area contributed by atoms with Crippen molar-refractivity contribution in [3.63, 3.8) is 0 Å². The zero-order valence-corrected chi connectivity index (χ0v) is 26.4. The number of aromatic nitrogens is 3. The summed E-state index contributed by atoms with van der Waals surface area (Å²) in [5.41, 5.74) is 2.83. The van der Waals surface area contributed by atoms with Crippen LogP contribution in [0.2, 0.25) is 5.02 Å². The van der Waals surface area contributed by atoms with Crippen LogP contribution in [0, 0.1) is 5.82 Å². The maximum atomic E-state index is 13.9. The molecule has 236 valence electrons. The monoisotopic (exact) mass is 633 g/mol. The zero-order chi connectivity index (χ0) is 31.7. The Balaban J connectivity index is 1.31. The van der Waals surface area contributed by atoms with Crippen molar-refractivity contribution in [2.24, 2.45) is 0 Å². The number of amides is 2. The van der Waals surface area contributed by atoms with Crippen molar-refractivity contribution in [1.82, 2.24) is 29.7 Å². The lowest BCUT2D eigenvalue weighted by molar-refractivity contribution is 0.0933. The van der Waals surface area contributed by atoms with Gasteiger partial charge in [-0.05, 0) is 75.8 Å². The van der Waals surface area contributed by atoms with Crippen molar-refractivity contribution in [1.29, 1.82) is 0 Å². The molecule has 45 heavy (non-hydrogen) atoms. The summed E-state index contributed by atoms with van der Waals surface area (Å²) in [4.78, 5) is 43.1. The number of hydrogen-bond acceptors (Lipinski definition) is 7. The summed E-state index contributed by atoms with van der Waals surface area (Å²) < 4.78 is 21.2.